The Labute approximate surface area is 128 Å². The number of anilines is 1. The highest BCUT2D eigenvalue weighted by Crippen LogP contribution is 2.20. The van der Waals surface area contributed by atoms with Gasteiger partial charge in [-0.2, -0.15) is 0 Å². The zero-order valence-corrected chi connectivity index (χ0v) is 13.0. The number of halogens is 2. The Hall–Kier alpha value is -1.47. The van der Waals surface area contributed by atoms with E-state index in [2.05, 4.69) is 31.2 Å². The van der Waals surface area contributed by atoms with Crippen LogP contribution in [0.5, 0.6) is 0 Å². The van der Waals surface area contributed by atoms with Gasteiger partial charge in [0.2, 0.25) is 0 Å². The standard InChI is InChI=1S/C13H11BrFN3OS/c1-2-20-13-16-7-8(14)11(18-13)12(19)17-10-6-4-3-5-9(10)15/h3-7H,2H2,1H3,(H,17,19). The Morgan fingerprint density at radius 3 is 2.90 bits per heavy atom. The number of nitrogens with zero attached hydrogens (tertiary/aromatic N) is 2. The summed E-state index contributed by atoms with van der Waals surface area (Å²) in [5, 5.41) is 3.00. The maximum absolute atomic E-state index is 13.5. The summed E-state index contributed by atoms with van der Waals surface area (Å²) in [6.45, 7) is 1.97. The molecule has 0 aliphatic rings. The lowest BCUT2D eigenvalue weighted by Crippen LogP contribution is -2.16. The molecule has 4 nitrogen and oxygen atoms in total. The largest absolute Gasteiger partial charge is 0.318 e. The average molecular weight is 356 g/mol. The first kappa shape index (κ1) is 14.9. The smallest absolute Gasteiger partial charge is 0.275 e. The SMILES string of the molecule is CCSc1ncc(Br)c(C(=O)Nc2ccccc2F)n1. The van der Waals surface area contributed by atoms with E-state index in [0.717, 1.165) is 5.75 Å². The molecule has 1 N–H and O–H groups in total. The van der Waals surface area contributed by atoms with E-state index in [1.165, 1.54) is 30.1 Å². The van der Waals surface area contributed by atoms with Gasteiger partial charge in [-0.25, -0.2) is 14.4 Å². The number of nitrogens with one attached hydrogen (secondary N) is 1. The van der Waals surface area contributed by atoms with E-state index < -0.39 is 11.7 Å². The molecule has 0 radical (unpaired) electrons. The van der Waals surface area contributed by atoms with Gasteiger partial charge in [-0.15, -0.1) is 0 Å². The molecule has 0 unspecified atom stereocenters. The minimum atomic E-state index is -0.491. The quantitative estimate of drug-likeness (QED) is 0.670. The topological polar surface area (TPSA) is 54.9 Å². The second kappa shape index (κ2) is 6.81. The fourth-order valence-electron chi connectivity index (χ4n) is 1.45. The van der Waals surface area contributed by atoms with Crippen molar-refractivity contribution in [1.29, 1.82) is 0 Å². The number of hydrogen-bond acceptors (Lipinski definition) is 4. The van der Waals surface area contributed by atoms with Crippen LogP contribution in [0.3, 0.4) is 0 Å². The van der Waals surface area contributed by atoms with E-state index in [-0.39, 0.29) is 11.4 Å². The van der Waals surface area contributed by atoms with E-state index in [1.807, 2.05) is 6.92 Å². The molecule has 0 aliphatic carbocycles. The van der Waals surface area contributed by atoms with Crippen LogP contribution in [-0.2, 0) is 0 Å². The Kier molecular flexibility index (Phi) is 5.08. The van der Waals surface area contributed by atoms with Crippen molar-refractivity contribution in [3.8, 4) is 0 Å². The molecular weight excluding hydrogens is 345 g/mol. The summed E-state index contributed by atoms with van der Waals surface area (Å²) in [6.07, 6.45) is 1.52. The van der Waals surface area contributed by atoms with Crippen molar-refractivity contribution in [2.75, 3.05) is 11.1 Å². The highest BCUT2D eigenvalue weighted by atomic mass is 79.9. The molecule has 0 fully saturated rings. The molecule has 20 heavy (non-hydrogen) atoms. The second-order valence-electron chi connectivity index (χ2n) is 3.72. The van der Waals surface area contributed by atoms with Crippen LogP contribution in [-0.4, -0.2) is 21.6 Å². The predicted octanol–water partition coefficient (Wildman–Crippen LogP) is 3.74. The van der Waals surface area contributed by atoms with Crippen LogP contribution < -0.4 is 5.32 Å². The summed E-state index contributed by atoms with van der Waals surface area (Å²) in [4.78, 5) is 20.4. The lowest BCUT2D eigenvalue weighted by atomic mass is 10.3. The molecular formula is C13H11BrFN3OS. The number of amides is 1. The van der Waals surface area contributed by atoms with Gasteiger partial charge >= 0.3 is 0 Å². The first-order valence-corrected chi connectivity index (χ1v) is 7.61. The third-order valence-corrected chi connectivity index (χ3v) is 3.66. The molecule has 1 heterocycles. The number of thioether (sulfide) groups is 1. The van der Waals surface area contributed by atoms with Gasteiger partial charge in [0.1, 0.15) is 11.5 Å². The normalized spacial score (nSPS) is 10.3. The molecule has 104 valence electrons. The zero-order valence-electron chi connectivity index (χ0n) is 10.6. The van der Waals surface area contributed by atoms with Gasteiger partial charge < -0.3 is 5.32 Å². The Morgan fingerprint density at radius 1 is 1.45 bits per heavy atom. The number of carbonyl (C=O) groups excluding carboxylic acids is 1. The van der Waals surface area contributed by atoms with Gasteiger partial charge in [0, 0.05) is 6.20 Å². The minimum absolute atomic E-state index is 0.118. The van der Waals surface area contributed by atoms with E-state index in [1.54, 1.807) is 12.1 Å². The fraction of sp³-hybridized carbons (Fsp3) is 0.154. The highest BCUT2D eigenvalue weighted by Gasteiger charge is 2.15. The van der Waals surface area contributed by atoms with Gasteiger partial charge in [-0.1, -0.05) is 30.8 Å². The molecule has 0 saturated heterocycles. The van der Waals surface area contributed by atoms with Crippen molar-refractivity contribution in [3.05, 3.63) is 46.4 Å². The van der Waals surface area contributed by atoms with Crippen LogP contribution in [0.4, 0.5) is 10.1 Å². The van der Waals surface area contributed by atoms with E-state index in [4.69, 9.17) is 0 Å². The summed E-state index contributed by atoms with van der Waals surface area (Å²) in [5.74, 6) is -0.174. The monoisotopic (exact) mass is 355 g/mol. The van der Waals surface area contributed by atoms with Gasteiger partial charge in [-0.05, 0) is 33.8 Å². The summed E-state index contributed by atoms with van der Waals surface area (Å²) >= 11 is 4.65. The van der Waals surface area contributed by atoms with Crippen molar-refractivity contribution in [2.24, 2.45) is 0 Å². The molecule has 2 rings (SSSR count). The third-order valence-electron chi connectivity index (χ3n) is 2.33. The molecule has 1 aromatic carbocycles. The third kappa shape index (κ3) is 3.55. The molecule has 1 amide bonds. The van der Waals surface area contributed by atoms with Crippen LogP contribution in [0.15, 0.2) is 40.1 Å². The lowest BCUT2D eigenvalue weighted by molar-refractivity contribution is 0.102. The number of para-hydroxylation sites is 1. The molecule has 0 saturated carbocycles. The van der Waals surface area contributed by atoms with Crippen molar-refractivity contribution >= 4 is 39.3 Å². The zero-order chi connectivity index (χ0) is 14.5. The van der Waals surface area contributed by atoms with Crippen molar-refractivity contribution in [3.63, 3.8) is 0 Å². The predicted molar refractivity (Wildman–Crippen MR) is 80.5 cm³/mol. The van der Waals surface area contributed by atoms with Crippen LogP contribution in [0.25, 0.3) is 0 Å². The highest BCUT2D eigenvalue weighted by molar-refractivity contribution is 9.10. The van der Waals surface area contributed by atoms with Gasteiger partial charge in [0.25, 0.3) is 5.91 Å². The molecule has 0 bridgehead atoms. The number of rotatable bonds is 4. The van der Waals surface area contributed by atoms with E-state index >= 15 is 0 Å². The maximum Gasteiger partial charge on any atom is 0.275 e. The van der Waals surface area contributed by atoms with Crippen molar-refractivity contribution < 1.29 is 9.18 Å². The summed E-state index contributed by atoms with van der Waals surface area (Å²) < 4.78 is 14.0. The van der Waals surface area contributed by atoms with Gasteiger partial charge in [0.05, 0.1) is 10.2 Å². The number of benzene rings is 1. The Morgan fingerprint density at radius 2 is 2.20 bits per heavy atom. The Bertz CT molecular complexity index is 639. The van der Waals surface area contributed by atoms with Crippen molar-refractivity contribution in [2.45, 2.75) is 12.1 Å². The molecule has 2 aromatic rings. The minimum Gasteiger partial charge on any atom is -0.318 e. The maximum atomic E-state index is 13.5. The van der Waals surface area contributed by atoms with Gasteiger partial charge in [-0.3, -0.25) is 4.79 Å². The van der Waals surface area contributed by atoms with Crippen LogP contribution in [0.1, 0.15) is 17.4 Å². The second-order valence-corrected chi connectivity index (χ2v) is 5.80. The van der Waals surface area contributed by atoms with Crippen LogP contribution in [0, 0.1) is 5.82 Å². The van der Waals surface area contributed by atoms with Crippen LogP contribution >= 0.6 is 27.7 Å². The molecule has 7 heteroatoms. The average Bonchev–Trinajstić information content (AvgIpc) is 2.43. The van der Waals surface area contributed by atoms with E-state index in [9.17, 15) is 9.18 Å². The molecule has 0 atom stereocenters. The molecule has 0 aliphatic heterocycles. The summed E-state index contributed by atoms with van der Waals surface area (Å²) in [7, 11) is 0. The summed E-state index contributed by atoms with van der Waals surface area (Å²) in [5.41, 5.74) is 0.298. The fourth-order valence-corrected chi connectivity index (χ4v) is 2.37. The lowest BCUT2D eigenvalue weighted by Gasteiger charge is -2.07. The number of carbonyl (C=O) groups is 1. The first-order valence-electron chi connectivity index (χ1n) is 5.83. The molecule has 0 spiro atoms. The Balaban J connectivity index is 2.25. The number of aromatic nitrogens is 2. The number of hydrogen-bond donors (Lipinski definition) is 1. The molecule has 1 aromatic heterocycles. The van der Waals surface area contributed by atoms with Crippen LogP contribution in [0.2, 0.25) is 0 Å². The first-order chi connectivity index (χ1) is 9.61. The van der Waals surface area contributed by atoms with Crippen molar-refractivity contribution in [1.82, 2.24) is 9.97 Å². The van der Waals surface area contributed by atoms with Gasteiger partial charge in [0.15, 0.2) is 5.16 Å². The summed E-state index contributed by atoms with van der Waals surface area (Å²) in [6, 6.07) is 5.97. The van der Waals surface area contributed by atoms with E-state index in [0.29, 0.717) is 9.63 Å².